The second kappa shape index (κ2) is 19.6. The van der Waals surface area contributed by atoms with E-state index in [0.717, 1.165) is 32.1 Å². The zero-order valence-corrected chi connectivity index (χ0v) is 27.7. The lowest BCUT2D eigenvalue weighted by molar-refractivity contribution is -0.141. The van der Waals surface area contributed by atoms with Gasteiger partial charge in [0.15, 0.2) is 0 Å². The number of hydrogen-bond donors (Lipinski definition) is 7. The van der Waals surface area contributed by atoms with Gasteiger partial charge in [-0.1, -0.05) is 67.8 Å². The second-order valence-electron chi connectivity index (χ2n) is 12.2. The number of amides is 4. The summed E-state index contributed by atoms with van der Waals surface area (Å²) in [6.07, 6.45) is 4.80. The van der Waals surface area contributed by atoms with Crippen molar-refractivity contribution in [3.63, 3.8) is 0 Å². The van der Waals surface area contributed by atoms with Gasteiger partial charge in [-0.15, -0.1) is 0 Å². The van der Waals surface area contributed by atoms with Gasteiger partial charge in [0, 0.05) is 18.9 Å². The van der Waals surface area contributed by atoms with E-state index < -0.39 is 42.4 Å². The third-order valence-electron chi connectivity index (χ3n) is 8.54. The molecule has 3 aromatic rings. The number of rotatable bonds is 15. The van der Waals surface area contributed by atoms with E-state index in [1.165, 1.54) is 27.1 Å². The largest absolute Gasteiger partial charge is 0.481 e. The third-order valence-corrected chi connectivity index (χ3v) is 8.54. The molecular weight excluding hydrogens is 632 g/mol. The van der Waals surface area contributed by atoms with Gasteiger partial charge in [0.25, 0.3) is 0 Å². The number of carboxylic acids is 3. The van der Waals surface area contributed by atoms with Crippen molar-refractivity contribution in [2.24, 2.45) is 5.92 Å². The van der Waals surface area contributed by atoms with Crippen molar-refractivity contribution in [1.29, 1.82) is 0 Å². The van der Waals surface area contributed by atoms with E-state index in [4.69, 9.17) is 10.2 Å². The minimum atomic E-state index is -1.47. The Kier molecular flexibility index (Phi) is 15.3. The SMILES string of the molecule is Cc1c2ccccc2cc2ccccc12.O=C(O)CC[C@H](NC(=O)N[C@@H](CCCCNC(=O)CNC(=O)C1CCCCC1)C(=O)O)C(=O)O. The number of aliphatic carboxylic acids is 3. The van der Waals surface area contributed by atoms with Gasteiger partial charge in [0.05, 0.1) is 6.54 Å². The summed E-state index contributed by atoms with van der Waals surface area (Å²) in [4.78, 5) is 68.9. The van der Waals surface area contributed by atoms with Crippen molar-refractivity contribution in [1.82, 2.24) is 21.3 Å². The molecule has 0 unspecified atom stereocenters. The molecule has 1 aliphatic carbocycles. The van der Waals surface area contributed by atoms with Crippen LogP contribution in [0.2, 0.25) is 0 Å². The number of nitrogens with one attached hydrogen (secondary N) is 4. The number of benzene rings is 3. The summed E-state index contributed by atoms with van der Waals surface area (Å²) in [7, 11) is 0. The average Bonchev–Trinajstić information content (AvgIpc) is 3.09. The summed E-state index contributed by atoms with van der Waals surface area (Å²) in [5.74, 6) is -4.48. The van der Waals surface area contributed by atoms with E-state index in [1.807, 2.05) is 0 Å². The first-order valence-electron chi connectivity index (χ1n) is 16.6. The van der Waals surface area contributed by atoms with Crippen LogP contribution in [-0.2, 0) is 24.0 Å². The molecule has 7 N–H and O–H groups in total. The molecule has 4 rings (SSSR count). The second-order valence-corrected chi connectivity index (χ2v) is 12.2. The molecule has 0 saturated heterocycles. The molecule has 264 valence electrons. The molecule has 0 radical (unpaired) electrons. The molecule has 2 atom stereocenters. The van der Waals surface area contributed by atoms with Crippen LogP contribution in [0.4, 0.5) is 4.79 Å². The van der Waals surface area contributed by atoms with Gasteiger partial charge in [-0.3, -0.25) is 14.4 Å². The molecular formula is C36H46N4O9. The van der Waals surface area contributed by atoms with Gasteiger partial charge in [-0.25, -0.2) is 14.4 Å². The van der Waals surface area contributed by atoms with E-state index in [1.54, 1.807) is 0 Å². The first kappa shape index (κ1) is 38.2. The highest BCUT2D eigenvalue weighted by Gasteiger charge is 2.25. The summed E-state index contributed by atoms with van der Waals surface area (Å²) < 4.78 is 0. The molecule has 1 saturated carbocycles. The minimum Gasteiger partial charge on any atom is -0.481 e. The fourth-order valence-corrected chi connectivity index (χ4v) is 5.82. The van der Waals surface area contributed by atoms with Gasteiger partial charge in [0.2, 0.25) is 11.8 Å². The molecule has 0 bridgehead atoms. The molecule has 1 aliphatic rings. The first-order valence-corrected chi connectivity index (χ1v) is 16.6. The molecule has 0 aliphatic heterocycles. The lowest BCUT2D eigenvalue weighted by Crippen LogP contribution is -2.51. The molecule has 49 heavy (non-hydrogen) atoms. The van der Waals surface area contributed by atoms with Gasteiger partial charge in [-0.05, 0) is 78.6 Å². The summed E-state index contributed by atoms with van der Waals surface area (Å²) in [5, 5.41) is 41.8. The van der Waals surface area contributed by atoms with Crippen LogP contribution >= 0.6 is 0 Å². The number of carbonyl (C=O) groups is 6. The van der Waals surface area contributed by atoms with Crippen LogP contribution in [0.1, 0.15) is 69.8 Å². The Morgan fingerprint density at radius 2 is 1.29 bits per heavy atom. The lowest BCUT2D eigenvalue weighted by Gasteiger charge is -2.20. The van der Waals surface area contributed by atoms with Crippen LogP contribution < -0.4 is 21.3 Å². The number of carboxylic acid groups (broad SMARTS) is 3. The summed E-state index contributed by atoms with van der Waals surface area (Å²) in [5.41, 5.74) is 1.38. The number of urea groups is 1. The monoisotopic (exact) mass is 678 g/mol. The van der Waals surface area contributed by atoms with Gasteiger partial charge >= 0.3 is 23.9 Å². The Morgan fingerprint density at radius 1 is 0.735 bits per heavy atom. The third kappa shape index (κ3) is 12.7. The highest BCUT2D eigenvalue weighted by molar-refractivity contribution is 6.01. The maximum absolute atomic E-state index is 12.0. The number of carbonyl (C=O) groups excluding carboxylic acids is 3. The smallest absolute Gasteiger partial charge is 0.326 e. The molecule has 0 heterocycles. The molecule has 13 nitrogen and oxygen atoms in total. The molecule has 4 amide bonds. The van der Waals surface area contributed by atoms with Crippen molar-refractivity contribution < 1.29 is 44.1 Å². The number of hydrogen-bond acceptors (Lipinski definition) is 6. The summed E-state index contributed by atoms with van der Waals surface area (Å²) in [6, 6.07) is 15.6. The van der Waals surface area contributed by atoms with Crippen molar-refractivity contribution in [3.8, 4) is 0 Å². The van der Waals surface area contributed by atoms with Crippen LogP contribution in [-0.4, -0.2) is 76.2 Å². The number of fused-ring (bicyclic) bond motifs is 2. The molecule has 1 fully saturated rings. The van der Waals surface area contributed by atoms with E-state index in [9.17, 15) is 33.9 Å². The Balaban J connectivity index is 0.000000353. The lowest BCUT2D eigenvalue weighted by atomic mass is 9.89. The van der Waals surface area contributed by atoms with Crippen LogP contribution in [0, 0.1) is 12.8 Å². The average molecular weight is 679 g/mol. The Bertz CT molecular complexity index is 1570. The molecule has 0 spiro atoms. The summed E-state index contributed by atoms with van der Waals surface area (Å²) in [6.45, 7) is 2.33. The fourth-order valence-electron chi connectivity index (χ4n) is 5.82. The Hall–Kier alpha value is -5.20. The minimum absolute atomic E-state index is 0.0317. The van der Waals surface area contributed by atoms with E-state index >= 15 is 0 Å². The number of aryl methyl sites for hydroxylation is 1. The fraction of sp³-hybridized carbons (Fsp3) is 0.444. The van der Waals surface area contributed by atoms with E-state index in [-0.39, 0.29) is 43.7 Å². The Morgan fingerprint density at radius 3 is 1.84 bits per heavy atom. The predicted molar refractivity (Wildman–Crippen MR) is 184 cm³/mol. The van der Waals surface area contributed by atoms with Crippen molar-refractivity contribution in [3.05, 3.63) is 60.2 Å². The standard InChI is InChI=1S/C21H34N4O9.C15H12/c26-16(12-23-18(29)13-6-2-1-3-7-13)22-11-5-4-8-14(19(30)31)24-21(34)25-15(20(32)33)9-10-17(27)28;1-11-14-8-4-2-6-12(14)10-13-7-3-5-9-15(11)13/h13-15H,1-12H2,(H,22,26)(H,23,29)(H,27,28)(H,30,31)(H,32,33)(H2,24,25,34);2-10H,1H3/t14-,15-;/m0./s1. The zero-order chi connectivity index (χ0) is 35.8. The molecule has 13 heteroatoms. The zero-order valence-electron chi connectivity index (χ0n) is 27.7. The van der Waals surface area contributed by atoms with Crippen LogP contribution in [0.5, 0.6) is 0 Å². The van der Waals surface area contributed by atoms with Crippen LogP contribution in [0.15, 0.2) is 54.6 Å². The molecule has 3 aromatic carbocycles. The quantitative estimate of drug-likeness (QED) is 0.0899. The van der Waals surface area contributed by atoms with Crippen molar-refractivity contribution in [2.75, 3.05) is 13.1 Å². The van der Waals surface area contributed by atoms with E-state index in [0.29, 0.717) is 12.8 Å². The highest BCUT2D eigenvalue weighted by Crippen LogP contribution is 2.27. The van der Waals surface area contributed by atoms with Crippen LogP contribution in [0.25, 0.3) is 21.5 Å². The maximum atomic E-state index is 12.0. The topological polar surface area (TPSA) is 211 Å². The van der Waals surface area contributed by atoms with Crippen molar-refractivity contribution in [2.45, 2.75) is 83.2 Å². The molecule has 0 aromatic heterocycles. The van der Waals surface area contributed by atoms with Crippen LogP contribution in [0.3, 0.4) is 0 Å². The Labute approximate surface area is 284 Å². The van der Waals surface area contributed by atoms with Crippen molar-refractivity contribution >= 4 is 57.3 Å². The van der Waals surface area contributed by atoms with E-state index in [2.05, 4.69) is 82.8 Å². The summed E-state index contributed by atoms with van der Waals surface area (Å²) >= 11 is 0. The maximum Gasteiger partial charge on any atom is 0.326 e. The van der Waals surface area contributed by atoms with Gasteiger partial charge in [-0.2, -0.15) is 0 Å². The highest BCUT2D eigenvalue weighted by atomic mass is 16.4. The number of unbranched alkanes of at least 4 members (excludes halogenated alkanes) is 1. The predicted octanol–water partition coefficient (Wildman–Crippen LogP) is 4.34. The van der Waals surface area contributed by atoms with Gasteiger partial charge < -0.3 is 36.6 Å². The first-order chi connectivity index (χ1) is 23.5. The van der Waals surface area contributed by atoms with Gasteiger partial charge in [0.1, 0.15) is 12.1 Å². The normalized spacial score (nSPS) is 14.1.